The molecule has 1 aliphatic heterocycles. The Morgan fingerprint density at radius 1 is 1.53 bits per heavy atom. The van der Waals surface area contributed by atoms with Gasteiger partial charge in [-0.15, -0.1) is 0 Å². The van der Waals surface area contributed by atoms with E-state index in [-0.39, 0.29) is 0 Å². The van der Waals surface area contributed by atoms with Gasteiger partial charge in [-0.25, -0.2) is 0 Å². The Morgan fingerprint density at radius 3 is 2.88 bits per heavy atom. The number of nitrogens with one attached hydrogen (secondary N) is 1. The van der Waals surface area contributed by atoms with Gasteiger partial charge in [-0.1, -0.05) is 0 Å². The van der Waals surface area contributed by atoms with Crippen molar-refractivity contribution in [2.75, 3.05) is 45.6 Å². The third-order valence-electron chi connectivity index (χ3n) is 2.67. The fraction of sp³-hybridized carbons (Fsp3) is 0.917. The van der Waals surface area contributed by atoms with Crippen molar-refractivity contribution in [2.45, 2.75) is 25.5 Å². The van der Waals surface area contributed by atoms with E-state index in [4.69, 9.17) is 4.74 Å². The van der Waals surface area contributed by atoms with Crippen LogP contribution in [0.3, 0.4) is 0 Å². The number of aliphatic imine (C=N–C) groups is 1. The lowest BCUT2D eigenvalue weighted by molar-refractivity contribution is 0.151. The van der Waals surface area contributed by atoms with Crippen LogP contribution >= 0.6 is 11.8 Å². The molecular weight excluding hydrogens is 234 g/mol. The van der Waals surface area contributed by atoms with Crippen LogP contribution in [0.5, 0.6) is 0 Å². The molecule has 5 heteroatoms. The fourth-order valence-corrected chi connectivity index (χ4v) is 3.02. The molecule has 0 aromatic heterocycles. The monoisotopic (exact) mass is 259 g/mol. The van der Waals surface area contributed by atoms with Crippen molar-refractivity contribution in [1.29, 1.82) is 0 Å². The highest BCUT2D eigenvalue weighted by molar-refractivity contribution is 8.00. The lowest BCUT2D eigenvalue weighted by atomic mass is 10.2. The van der Waals surface area contributed by atoms with Gasteiger partial charge in [0.15, 0.2) is 5.96 Å². The fourth-order valence-electron chi connectivity index (χ4n) is 1.91. The van der Waals surface area contributed by atoms with Gasteiger partial charge in [0.2, 0.25) is 0 Å². The highest BCUT2D eigenvalue weighted by Crippen LogP contribution is 2.29. The highest BCUT2D eigenvalue weighted by Gasteiger charge is 2.28. The Morgan fingerprint density at radius 2 is 2.29 bits per heavy atom. The molecule has 1 N–H and O–H groups in total. The van der Waals surface area contributed by atoms with Gasteiger partial charge < -0.3 is 15.0 Å². The first-order valence-corrected chi connectivity index (χ1v) is 7.25. The maximum Gasteiger partial charge on any atom is 0.193 e. The Balaban J connectivity index is 2.39. The second-order valence-corrected chi connectivity index (χ2v) is 6.50. The van der Waals surface area contributed by atoms with Gasteiger partial charge in [-0.3, -0.25) is 4.99 Å². The second-order valence-electron chi connectivity index (χ2n) is 4.70. The van der Waals surface area contributed by atoms with E-state index in [1.807, 2.05) is 25.7 Å². The first-order valence-electron chi connectivity index (χ1n) is 6.26. The lowest BCUT2D eigenvalue weighted by Gasteiger charge is -2.39. The quantitative estimate of drug-likeness (QED) is 0.471. The number of thioether (sulfide) groups is 1. The second kappa shape index (κ2) is 7.11. The molecule has 0 bridgehead atoms. The van der Waals surface area contributed by atoms with Gasteiger partial charge in [0.05, 0.1) is 6.61 Å². The van der Waals surface area contributed by atoms with Crippen LogP contribution in [0.15, 0.2) is 4.99 Å². The summed E-state index contributed by atoms with van der Waals surface area (Å²) in [6.07, 6.45) is 0. The van der Waals surface area contributed by atoms with Crippen molar-refractivity contribution in [3.8, 4) is 0 Å². The molecule has 0 saturated carbocycles. The van der Waals surface area contributed by atoms with Crippen molar-refractivity contribution in [1.82, 2.24) is 10.2 Å². The predicted octanol–water partition coefficient (Wildman–Crippen LogP) is 1.43. The average Bonchev–Trinajstić information content (AvgIpc) is 2.28. The van der Waals surface area contributed by atoms with E-state index in [2.05, 4.69) is 29.1 Å². The van der Waals surface area contributed by atoms with Gasteiger partial charge >= 0.3 is 0 Å². The molecule has 0 aromatic rings. The normalized spacial score (nSPS) is 20.5. The molecule has 1 saturated heterocycles. The van der Waals surface area contributed by atoms with Crippen LogP contribution in [0.2, 0.25) is 0 Å². The van der Waals surface area contributed by atoms with E-state index >= 15 is 0 Å². The molecule has 0 radical (unpaired) electrons. The lowest BCUT2D eigenvalue weighted by Crippen LogP contribution is -2.51. The predicted molar refractivity (Wildman–Crippen MR) is 76.0 cm³/mol. The van der Waals surface area contributed by atoms with Crippen LogP contribution in [0.4, 0.5) is 0 Å². The Kier molecular flexibility index (Phi) is 6.12. The summed E-state index contributed by atoms with van der Waals surface area (Å²) in [4.78, 5) is 6.68. The average molecular weight is 259 g/mol. The number of nitrogens with zero attached hydrogens (tertiary/aromatic N) is 2. The Hall–Kier alpha value is -0.420. The van der Waals surface area contributed by atoms with Crippen molar-refractivity contribution >= 4 is 17.7 Å². The van der Waals surface area contributed by atoms with Gasteiger partial charge in [0.25, 0.3) is 0 Å². The molecule has 1 rings (SSSR count). The summed E-state index contributed by atoms with van der Waals surface area (Å²) in [6.45, 7) is 11.0. The van der Waals surface area contributed by atoms with Crippen LogP contribution in [-0.2, 0) is 4.74 Å². The Labute approximate surface area is 109 Å². The van der Waals surface area contributed by atoms with Gasteiger partial charge in [-0.2, -0.15) is 11.8 Å². The maximum absolute atomic E-state index is 5.32. The zero-order chi connectivity index (χ0) is 12.7. The minimum atomic E-state index is 0.315. The number of hydrogen-bond donors (Lipinski definition) is 1. The van der Waals surface area contributed by atoms with E-state index in [0.29, 0.717) is 4.75 Å². The van der Waals surface area contributed by atoms with Crippen molar-refractivity contribution < 1.29 is 4.74 Å². The molecule has 0 atom stereocenters. The molecule has 17 heavy (non-hydrogen) atoms. The van der Waals surface area contributed by atoms with Crippen molar-refractivity contribution in [3.05, 3.63) is 0 Å². The standard InChI is InChI=1S/C12H25N3OS/c1-5-16-8-6-14-11(13-4)15-7-9-17-12(2,3)10-15/h5-10H2,1-4H3,(H,13,14). The van der Waals surface area contributed by atoms with Gasteiger partial charge in [0, 0.05) is 43.8 Å². The van der Waals surface area contributed by atoms with Gasteiger partial charge in [0.1, 0.15) is 0 Å². The molecule has 0 spiro atoms. The van der Waals surface area contributed by atoms with Crippen LogP contribution < -0.4 is 5.32 Å². The summed E-state index contributed by atoms with van der Waals surface area (Å²) in [5, 5.41) is 3.35. The van der Waals surface area contributed by atoms with E-state index in [1.165, 1.54) is 5.75 Å². The molecule has 0 aromatic carbocycles. The maximum atomic E-state index is 5.32. The molecule has 1 fully saturated rings. The van der Waals surface area contributed by atoms with E-state index < -0.39 is 0 Å². The molecule has 4 nitrogen and oxygen atoms in total. The molecule has 0 amide bonds. The van der Waals surface area contributed by atoms with Crippen LogP contribution in [0.25, 0.3) is 0 Å². The topological polar surface area (TPSA) is 36.9 Å². The number of hydrogen-bond acceptors (Lipinski definition) is 3. The molecular formula is C12H25N3OS. The van der Waals surface area contributed by atoms with Crippen molar-refractivity contribution in [2.24, 2.45) is 4.99 Å². The summed E-state index contributed by atoms with van der Waals surface area (Å²) in [7, 11) is 1.84. The highest BCUT2D eigenvalue weighted by atomic mass is 32.2. The summed E-state index contributed by atoms with van der Waals surface area (Å²) >= 11 is 2.03. The smallest absolute Gasteiger partial charge is 0.193 e. The molecule has 0 aliphatic carbocycles. The SMILES string of the molecule is CCOCCNC(=NC)N1CCSC(C)(C)C1. The summed E-state index contributed by atoms with van der Waals surface area (Å²) in [5.41, 5.74) is 0. The zero-order valence-electron chi connectivity index (χ0n) is 11.5. The molecule has 1 heterocycles. The van der Waals surface area contributed by atoms with E-state index in [1.54, 1.807) is 0 Å². The number of rotatable bonds is 4. The molecule has 0 unspecified atom stereocenters. The van der Waals surface area contributed by atoms with Crippen LogP contribution in [0, 0.1) is 0 Å². The summed E-state index contributed by atoms with van der Waals surface area (Å²) in [6, 6.07) is 0. The molecule has 1 aliphatic rings. The van der Waals surface area contributed by atoms with E-state index in [0.717, 1.165) is 38.8 Å². The van der Waals surface area contributed by atoms with Crippen molar-refractivity contribution in [3.63, 3.8) is 0 Å². The minimum Gasteiger partial charge on any atom is -0.380 e. The van der Waals surface area contributed by atoms with Gasteiger partial charge in [-0.05, 0) is 20.8 Å². The Bertz CT molecular complexity index is 256. The van der Waals surface area contributed by atoms with E-state index in [9.17, 15) is 0 Å². The third kappa shape index (κ3) is 5.17. The third-order valence-corrected chi connectivity index (χ3v) is 3.97. The summed E-state index contributed by atoms with van der Waals surface area (Å²) in [5.74, 6) is 2.16. The first-order chi connectivity index (χ1) is 8.09. The summed E-state index contributed by atoms with van der Waals surface area (Å²) < 4.78 is 5.63. The van der Waals surface area contributed by atoms with Crippen LogP contribution in [0.1, 0.15) is 20.8 Å². The van der Waals surface area contributed by atoms with Crippen LogP contribution in [-0.4, -0.2) is 61.3 Å². The minimum absolute atomic E-state index is 0.315. The largest absolute Gasteiger partial charge is 0.380 e. The number of guanidine groups is 1. The molecule has 100 valence electrons. The first kappa shape index (κ1) is 14.6. The zero-order valence-corrected chi connectivity index (χ0v) is 12.3. The number of ether oxygens (including phenoxy) is 1.